The van der Waals surface area contributed by atoms with Crippen LogP contribution in [0.4, 0.5) is 10.6 Å². The fourth-order valence-corrected chi connectivity index (χ4v) is 7.48. The van der Waals surface area contributed by atoms with Gasteiger partial charge in [0.25, 0.3) is 5.91 Å². The average molecular weight is 683 g/mol. The first-order valence-electron chi connectivity index (χ1n) is 16.3. The molecule has 0 bridgehead atoms. The van der Waals surface area contributed by atoms with Crippen LogP contribution in [-0.4, -0.2) is 83.2 Å². The van der Waals surface area contributed by atoms with Crippen LogP contribution in [0.25, 0.3) is 10.8 Å². The maximum atomic E-state index is 14.4. The number of carbonyl (C=O) groups excluding carboxylic acids is 4. The molecule has 3 aliphatic rings. The topological polar surface area (TPSA) is 176 Å². The average Bonchev–Trinajstić information content (AvgIpc) is 3.91. The van der Waals surface area contributed by atoms with E-state index in [1.807, 2.05) is 30.3 Å². The Hall–Kier alpha value is -4.20. The minimum atomic E-state index is -3.87. The molecule has 2 aliphatic carbocycles. The number of pyridine rings is 1. The van der Waals surface area contributed by atoms with Crippen LogP contribution in [0.3, 0.4) is 0 Å². The summed E-state index contributed by atoms with van der Waals surface area (Å²) < 4.78 is 32.9. The zero-order chi connectivity index (χ0) is 35.2. The Kier molecular flexibility index (Phi) is 9.28. The van der Waals surface area contributed by atoms with Gasteiger partial charge in [0, 0.05) is 30.1 Å². The zero-order valence-corrected chi connectivity index (χ0v) is 29.1. The van der Waals surface area contributed by atoms with Crippen molar-refractivity contribution in [2.45, 2.75) is 102 Å². The predicted octanol–water partition coefficient (Wildman–Crippen LogP) is 3.22. The Bertz CT molecular complexity index is 1720. The quantitative estimate of drug-likeness (QED) is 0.274. The molecule has 0 spiro atoms. The van der Waals surface area contributed by atoms with Crippen LogP contribution < -0.4 is 20.7 Å². The highest BCUT2D eigenvalue weighted by molar-refractivity contribution is 7.91. The SMILES string of the molecule is C=C[C@H]1C[C@]1(NC(=O)[C@@H]1C[C@@H](Nc2nccc3ccccc23)CN1C(=O)[C@@H](NC(=O)OC(C)(C)C)C(C)(C)C)C(=O)NS(=O)(=O)C1CC1. The van der Waals surface area contributed by atoms with Gasteiger partial charge in [-0.2, -0.15) is 0 Å². The number of hydrogen-bond acceptors (Lipinski definition) is 9. The number of ether oxygens (including phenoxy) is 1. The third kappa shape index (κ3) is 7.58. The summed E-state index contributed by atoms with van der Waals surface area (Å²) >= 11 is 0. The van der Waals surface area contributed by atoms with Gasteiger partial charge >= 0.3 is 6.09 Å². The molecular formula is C34H46N6O7S. The number of amides is 4. The van der Waals surface area contributed by atoms with Gasteiger partial charge in [0.05, 0.1) is 5.25 Å². The Morgan fingerprint density at radius 2 is 1.77 bits per heavy atom. The molecule has 260 valence electrons. The van der Waals surface area contributed by atoms with Crippen molar-refractivity contribution in [3.63, 3.8) is 0 Å². The molecular weight excluding hydrogens is 636 g/mol. The van der Waals surface area contributed by atoms with Crippen molar-refractivity contribution in [2.75, 3.05) is 11.9 Å². The van der Waals surface area contributed by atoms with Gasteiger partial charge in [-0.15, -0.1) is 6.58 Å². The van der Waals surface area contributed by atoms with Crippen molar-refractivity contribution >= 4 is 50.4 Å². The van der Waals surface area contributed by atoms with E-state index in [1.165, 1.54) is 11.0 Å². The smallest absolute Gasteiger partial charge is 0.408 e. The van der Waals surface area contributed by atoms with Crippen LogP contribution in [0.2, 0.25) is 0 Å². The summed E-state index contributed by atoms with van der Waals surface area (Å²) in [6.07, 6.45) is 3.68. The Morgan fingerprint density at radius 3 is 2.38 bits per heavy atom. The molecule has 2 saturated carbocycles. The molecule has 0 radical (unpaired) electrons. The number of anilines is 1. The number of alkyl carbamates (subject to hydrolysis) is 1. The second-order valence-electron chi connectivity index (χ2n) is 15.1. The second kappa shape index (κ2) is 12.7. The lowest BCUT2D eigenvalue weighted by Crippen LogP contribution is -2.60. The van der Waals surface area contributed by atoms with Crippen molar-refractivity contribution in [1.82, 2.24) is 25.2 Å². The molecule has 5 atom stereocenters. The third-order valence-corrected chi connectivity index (χ3v) is 10.7. The number of nitrogens with one attached hydrogen (secondary N) is 4. The van der Waals surface area contributed by atoms with E-state index in [0.29, 0.717) is 18.7 Å². The van der Waals surface area contributed by atoms with Crippen LogP contribution in [-0.2, 0) is 29.1 Å². The maximum Gasteiger partial charge on any atom is 0.408 e. The largest absolute Gasteiger partial charge is 0.444 e. The van der Waals surface area contributed by atoms with Crippen molar-refractivity contribution < 1.29 is 32.3 Å². The van der Waals surface area contributed by atoms with Crippen molar-refractivity contribution in [1.29, 1.82) is 0 Å². The monoisotopic (exact) mass is 682 g/mol. The van der Waals surface area contributed by atoms with E-state index in [4.69, 9.17) is 4.74 Å². The summed E-state index contributed by atoms with van der Waals surface area (Å²) in [6, 6.07) is 7.02. The fraction of sp³-hybridized carbons (Fsp3) is 0.559. The lowest BCUT2D eigenvalue weighted by Gasteiger charge is -2.36. The van der Waals surface area contributed by atoms with Gasteiger partial charge in [0.2, 0.25) is 21.8 Å². The number of benzene rings is 1. The van der Waals surface area contributed by atoms with Gasteiger partial charge in [-0.25, -0.2) is 18.2 Å². The molecule has 13 nitrogen and oxygen atoms in total. The Morgan fingerprint density at radius 1 is 1.08 bits per heavy atom. The van der Waals surface area contributed by atoms with E-state index < -0.39 is 79.7 Å². The molecule has 2 aromatic rings. The molecule has 0 unspecified atom stereocenters. The molecule has 4 amide bonds. The summed E-state index contributed by atoms with van der Waals surface area (Å²) in [7, 11) is -3.87. The molecule has 1 saturated heterocycles. The predicted molar refractivity (Wildman–Crippen MR) is 181 cm³/mol. The van der Waals surface area contributed by atoms with Crippen molar-refractivity contribution in [3.05, 3.63) is 49.2 Å². The summed E-state index contributed by atoms with van der Waals surface area (Å²) in [4.78, 5) is 60.7. The van der Waals surface area contributed by atoms with E-state index in [9.17, 15) is 27.6 Å². The molecule has 5 rings (SSSR count). The van der Waals surface area contributed by atoms with E-state index in [0.717, 1.165) is 10.8 Å². The highest BCUT2D eigenvalue weighted by atomic mass is 32.2. The zero-order valence-electron chi connectivity index (χ0n) is 28.3. The number of hydrogen-bond donors (Lipinski definition) is 4. The van der Waals surface area contributed by atoms with Crippen LogP contribution in [0.15, 0.2) is 49.2 Å². The third-order valence-electron chi connectivity index (χ3n) is 8.92. The van der Waals surface area contributed by atoms with Crippen LogP contribution >= 0.6 is 0 Å². The van der Waals surface area contributed by atoms with Crippen LogP contribution in [0, 0.1) is 11.3 Å². The highest BCUT2D eigenvalue weighted by Crippen LogP contribution is 2.45. The number of carbonyl (C=O) groups is 4. The summed E-state index contributed by atoms with van der Waals surface area (Å²) in [5.41, 5.74) is -3.10. The molecule has 1 aromatic carbocycles. The first kappa shape index (κ1) is 35.1. The van der Waals surface area contributed by atoms with Crippen LogP contribution in [0.1, 0.15) is 67.2 Å². The number of nitrogens with zero attached hydrogens (tertiary/aromatic N) is 2. The number of likely N-dealkylation sites (tertiary alicyclic amines) is 1. The van der Waals surface area contributed by atoms with E-state index in [1.54, 1.807) is 47.7 Å². The Balaban J connectivity index is 1.43. The van der Waals surface area contributed by atoms with E-state index in [-0.39, 0.29) is 19.4 Å². The first-order chi connectivity index (χ1) is 22.3. The van der Waals surface area contributed by atoms with Gasteiger partial charge in [0.1, 0.15) is 29.0 Å². The standard InChI is InChI=1S/C34H46N6O7S/c1-8-21-18-34(21,30(43)39-48(45,46)23-13-14-23)38-28(41)25-17-22(36-27-24-12-10-9-11-20(24)15-16-35-27)19-40(25)29(42)26(32(2,3)4)37-31(44)47-33(5,6)7/h8-12,15-16,21-23,25-26H,1,13-14,17-19H2,2-7H3,(H,35,36)(H,37,44)(H,38,41)(H,39,43)/t21-,22+,25-,26+,34+/m0/s1. The molecule has 1 aliphatic heterocycles. The van der Waals surface area contributed by atoms with Crippen molar-refractivity contribution in [3.8, 4) is 0 Å². The van der Waals surface area contributed by atoms with Crippen molar-refractivity contribution in [2.24, 2.45) is 11.3 Å². The Labute approximate surface area is 281 Å². The number of rotatable bonds is 10. The minimum Gasteiger partial charge on any atom is -0.444 e. The number of aromatic nitrogens is 1. The van der Waals surface area contributed by atoms with Gasteiger partial charge in [-0.1, -0.05) is 51.1 Å². The van der Waals surface area contributed by atoms with Crippen LogP contribution in [0.5, 0.6) is 0 Å². The molecule has 48 heavy (non-hydrogen) atoms. The van der Waals surface area contributed by atoms with E-state index in [2.05, 4.69) is 32.2 Å². The van der Waals surface area contributed by atoms with Gasteiger partial charge < -0.3 is 25.6 Å². The normalized spacial score (nSPS) is 24.7. The second-order valence-corrected chi connectivity index (χ2v) is 17.1. The molecule has 14 heteroatoms. The minimum absolute atomic E-state index is 0.0878. The van der Waals surface area contributed by atoms with Gasteiger partial charge in [0.15, 0.2) is 0 Å². The van der Waals surface area contributed by atoms with Gasteiger partial charge in [-0.05, 0) is 63.3 Å². The lowest BCUT2D eigenvalue weighted by molar-refractivity contribution is -0.142. The number of sulfonamides is 1. The first-order valence-corrected chi connectivity index (χ1v) is 17.8. The van der Waals surface area contributed by atoms with Gasteiger partial charge in [-0.3, -0.25) is 19.1 Å². The molecule has 3 fully saturated rings. The summed E-state index contributed by atoms with van der Waals surface area (Å²) in [5, 5.41) is 10.1. The number of fused-ring (bicyclic) bond motifs is 1. The lowest BCUT2D eigenvalue weighted by atomic mass is 9.85. The summed E-state index contributed by atoms with van der Waals surface area (Å²) in [6.45, 7) is 14.4. The molecule has 4 N–H and O–H groups in total. The molecule has 1 aromatic heterocycles. The van der Waals surface area contributed by atoms with E-state index >= 15 is 0 Å². The molecule has 2 heterocycles. The maximum absolute atomic E-state index is 14.4. The summed E-state index contributed by atoms with van der Waals surface area (Å²) in [5.74, 6) is -1.86. The fourth-order valence-electron chi connectivity index (χ4n) is 6.12. The highest BCUT2D eigenvalue weighted by Gasteiger charge is 2.62.